The molecule has 0 unspecified atom stereocenters. The number of thiazole rings is 1. The molecule has 174 valence electrons. The number of aromatic nitrogens is 1. The van der Waals surface area contributed by atoms with Crippen molar-refractivity contribution in [3.8, 4) is 21.0 Å². The van der Waals surface area contributed by atoms with Gasteiger partial charge in [0, 0.05) is 36.3 Å². The van der Waals surface area contributed by atoms with Gasteiger partial charge in [-0.1, -0.05) is 48.0 Å². The molecular formula is C26H30ClN3O2S. The van der Waals surface area contributed by atoms with Gasteiger partial charge in [0.05, 0.1) is 30.2 Å². The number of nitrogens with zero attached hydrogens (tertiary/aromatic N) is 2. The molecule has 0 spiro atoms. The Morgan fingerprint density at radius 1 is 1.15 bits per heavy atom. The number of hydrogen-bond donors (Lipinski definition) is 1. The minimum atomic E-state index is -0.0245. The molecule has 1 aliphatic heterocycles. The highest BCUT2D eigenvalue weighted by Crippen LogP contribution is 2.36. The Hall–Kier alpha value is -2.25. The normalized spacial score (nSPS) is 14.5. The maximum absolute atomic E-state index is 12.5. The van der Waals surface area contributed by atoms with E-state index in [1.807, 2.05) is 38.1 Å². The fourth-order valence-corrected chi connectivity index (χ4v) is 5.18. The van der Waals surface area contributed by atoms with E-state index in [2.05, 4.69) is 34.5 Å². The fraction of sp³-hybridized carbons (Fsp3) is 0.385. The van der Waals surface area contributed by atoms with Gasteiger partial charge in [0.2, 0.25) is 5.91 Å². The summed E-state index contributed by atoms with van der Waals surface area (Å²) >= 11 is 7.85. The number of rotatable bonds is 8. The zero-order valence-corrected chi connectivity index (χ0v) is 20.7. The topological polar surface area (TPSA) is 54.5 Å². The first kappa shape index (κ1) is 23.9. The van der Waals surface area contributed by atoms with E-state index in [9.17, 15) is 4.79 Å². The quantitative estimate of drug-likeness (QED) is 0.486. The van der Waals surface area contributed by atoms with Crippen molar-refractivity contribution < 1.29 is 9.53 Å². The molecule has 0 atom stereocenters. The maximum Gasteiger partial charge on any atom is 0.226 e. The van der Waals surface area contributed by atoms with Crippen LogP contribution in [0.25, 0.3) is 21.0 Å². The van der Waals surface area contributed by atoms with Crippen LogP contribution < -0.4 is 5.32 Å². The van der Waals surface area contributed by atoms with Crippen molar-refractivity contribution in [3.63, 3.8) is 0 Å². The Bertz CT molecular complexity index is 1080. The van der Waals surface area contributed by atoms with E-state index in [0.29, 0.717) is 5.02 Å². The number of hydrogen-bond acceptors (Lipinski definition) is 5. The van der Waals surface area contributed by atoms with Crippen LogP contribution in [-0.4, -0.2) is 54.7 Å². The summed E-state index contributed by atoms with van der Waals surface area (Å²) in [5.41, 5.74) is 4.15. The van der Waals surface area contributed by atoms with Crippen LogP contribution in [0.2, 0.25) is 5.02 Å². The van der Waals surface area contributed by atoms with Crippen molar-refractivity contribution in [3.05, 3.63) is 64.8 Å². The number of nitrogens with one attached hydrogen (secondary N) is 1. The summed E-state index contributed by atoms with van der Waals surface area (Å²) in [5.74, 6) is -0.0245. The summed E-state index contributed by atoms with van der Waals surface area (Å²) in [4.78, 5) is 20.8. The van der Waals surface area contributed by atoms with E-state index < -0.39 is 0 Å². The van der Waals surface area contributed by atoms with Crippen LogP contribution in [0, 0.1) is 0 Å². The lowest BCUT2D eigenvalue weighted by atomic mass is 10.1. The lowest BCUT2D eigenvalue weighted by molar-refractivity contribution is -0.120. The van der Waals surface area contributed by atoms with E-state index in [4.69, 9.17) is 21.3 Å². The standard InChI is InChI=1S/C26H30ClN3O2S/c1-18(2)28-24(31)17-23-25(21-4-3-5-22(27)16-21)33-26(29-23)20-8-6-19(7-9-20)10-11-30-12-14-32-15-13-30/h3-9,16,18H,10-15,17H2,1-2H3,(H,28,31). The van der Waals surface area contributed by atoms with Crippen LogP contribution in [0.3, 0.4) is 0 Å². The average Bonchev–Trinajstić information content (AvgIpc) is 3.22. The molecule has 0 bridgehead atoms. The molecule has 0 saturated carbocycles. The first-order valence-electron chi connectivity index (χ1n) is 11.4. The SMILES string of the molecule is CC(C)NC(=O)Cc1nc(-c2ccc(CCN3CCOCC3)cc2)sc1-c1cccc(Cl)c1. The second kappa shape index (κ2) is 11.3. The van der Waals surface area contributed by atoms with Gasteiger partial charge in [-0.05, 0) is 43.5 Å². The molecule has 2 heterocycles. The van der Waals surface area contributed by atoms with E-state index in [1.54, 1.807) is 11.3 Å². The number of benzene rings is 2. The Morgan fingerprint density at radius 2 is 1.91 bits per heavy atom. The molecule has 4 rings (SSSR count). The fourth-order valence-electron chi connectivity index (χ4n) is 3.90. The van der Waals surface area contributed by atoms with Crippen molar-refractivity contribution in [2.24, 2.45) is 0 Å². The van der Waals surface area contributed by atoms with Crippen LogP contribution in [0.5, 0.6) is 0 Å². The molecular weight excluding hydrogens is 454 g/mol. The molecule has 1 aromatic heterocycles. The summed E-state index contributed by atoms with van der Waals surface area (Å²) in [6.07, 6.45) is 1.26. The van der Waals surface area contributed by atoms with Gasteiger partial charge in [-0.25, -0.2) is 4.98 Å². The molecule has 0 radical (unpaired) electrons. The summed E-state index contributed by atoms with van der Waals surface area (Å²) in [7, 11) is 0. The Labute approximate surface area is 204 Å². The van der Waals surface area contributed by atoms with Gasteiger partial charge in [-0.15, -0.1) is 11.3 Å². The van der Waals surface area contributed by atoms with Crippen LogP contribution in [-0.2, 0) is 22.4 Å². The monoisotopic (exact) mass is 483 g/mol. The summed E-state index contributed by atoms with van der Waals surface area (Å²) in [6, 6.07) is 16.4. The number of morpholine rings is 1. The average molecular weight is 484 g/mol. The van der Waals surface area contributed by atoms with Crippen LogP contribution in [0.15, 0.2) is 48.5 Å². The maximum atomic E-state index is 12.5. The lowest BCUT2D eigenvalue weighted by Crippen LogP contribution is -2.37. The van der Waals surface area contributed by atoms with Crippen molar-refractivity contribution in [1.29, 1.82) is 0 Å². The number of carbonyl (C=O) groups excluding carboxylic acids is 1. The lowest BCUT2D eigenvalue weighted by Gasteiger charge is -2.26. The molecule has 0 aliphatic carbocycles. The largest absolute Gasteiger partial charge is 0.379 e. The molecule has 7 heteroatoms. The summed E-state index contributed by atoms with van der Waals surface area (Å²) in [6.45, 7) is 8.65. The number of carbonyl (C=O) groups is 1. The molecule has 2 aromatic carbocycles. The second-order valence-electron chi connectivity index (χ2n) is 8.61. The zero-order valence-electron chi connectivity index (χ0n) is 19.1. The van der Waals surface area contributed by atoms with Crippen molar-refractivity contribution in [2.75, 3.05) is 32.8 Å². The van der Waals surface area contributed by atoms with E-state index >= 15 is 0 Å². The van der Waals surface area contributed by atoms with Gasteiger partial charge in [0.25, 0.3) is 0 Å². The molecule has 5 nitrogen and oxygen atoms in total. The first-order chi connectivity index (χ1) is 16.0. The third-order valence-corrected chi connectivity index (χ3v) is 7.01. The van der Waals surface area contributed by atoms with Crippen molar-refractivity contribution in [2.45, 2.75) is 32.7 Å². The minimum absolute atomic E-state index is 0.0245. The molecule has 1 N–H and O–H groups in total. The molecule has 1 aliphatic rings. The van der Waals surface area contributed by atoms with Crippen molar-refractivity contribution >= 4 is 28.8 Å². The smallest absolute Gasteiger partial charge is 0.226 e. The second-order valence-corrected chi connectivity index (χ2v) is 10.0. The third-order valence-electron chi connectivity index (χ3n) is 5.58. The summed E-state index contributed by atoms with van der Waals surface area (Å²) < 4.78 is 5.43. The van der Waals surface area contributed by atoms with Gasteiger partial charge >= 0.3 is 0 Å². The first-order valence-corrected chi connectivity index (χ1v) is 12.6. The van der Waals surface area contributed by atoms with E-state index in [1.165, 1.54) is 5.56 Å². The molecule has 1 amide bonds. The van der Waals surface area contributed by atoms with Gasteiger partial charge < -0.3 is 10.1 Å². The number of ether oxygens (including phenoxy) is 1. The minimum Gasteiger partial charge on any atom is -0.379 e. The van der Waals surface area contributed by atoms with Gasteiger partial charge in [-0.3, -0.25) is 9.69 Å². The Balaban J connectivity index is 1.54. The van der Waals surface area contributed by atoms with Gasteiger partial charge in [0.15, 0.2) is 0 Å². The van der Waals surface area contributed by atoms with Gasteiger partial charge in [0.1, 0.15) is 5.01 Å². The predicted octanol–water partition coefficient (Wildman–Crippen LogP) is 5.07. The molecule has 1 saturated heterocycles. The van der Waals surface area contributed by atoms with Gasteiger partial charge in [-0.2, -0.15) is 0 Å². The Morgan fingerprint density at radius 3 is 2.61 bits per heavy atom. The number of amides is 1. The van der Waals surface area contributed by atoms with E-state index in [-0.39, 0.29) is 18.4 Å². The predicted molar refractivity (Wildman–Crippen MR) is 136 cm³/mol. The zero-order chi connectivity index (χ0) is 23.2. The van der Waals surface area contributed by atoms with Crippen molar-refractivity contribution in [1.82, 2.24) is 15.2 Å². The highest BCUT2D eigenvalue weighted by Gasteiger charge is 2.18. The number of halogens is 1. The third kappa shape index (κ3) is 6.64. The molecule has 1 fully saturated rings. The summed E-state index contributed by atoms with van der Waals surface area (Å²) in [5, 5.41) is 4.55. The Kier molecular flexibility index (Phi) is 8.15. The molecule has 33 heavy (non-hydrogen) atoms. The van der Waals surface area contributed by atoms with Crippen LogP contribution >= 0.6 is 22.9 Å². The van der Waals surface area contributed by atoms with Crippen LogP contribution in [0.4, 0.5) is 0 Å². The van der Waals surface area contributed by atoms with E-state index in [0.717, 1.165) is 66.0 Å². The van der Waals surface area contributed by atoms with Crippen LogP contribution in [0.1, 0.15) is 25.1 Å². The highest BCUT2D eigenvalue weighted by atomic mass is 35.5. The highest BCUT2D eigenvalue weighted by molar-refractivity contribution is 7.18. The molecule has 3 aromatic rings.